The smallest absolute Gasteiger partial charge is 0.127 e. The first kappa shape index (κ1) is 17.7. The molecule has 3 rings (SSSR count). The Bertz CT molecular complexity index is 631. The van der Waals surface area contributed by atoms with Crippen molar-refractivity contribution < 1.29 is 4.74 Å². The minimum atomic E-state index is 0.751. The fourth-order valence-corrected chi connectivity index (χ4v) is 4.66. The molecule has 0 saturated heterocycles. The van der Waals surface area contributed by atoms with Gasteiger partial charge < -0.3 is 4.74 Å². The number of rotatable bonds is 8. The van der Waals surface area contributed by atoms with Crippen molar-refractivity contribution in [2.24, 2.45) is 5.92 Å². The third-order valence-corrected chi connectivity index (χ3v) is 6.21. The molecule has 0 aromatic heterocycles. The Morgan fingerprint density at radius 3 is 2.54 bits per heavy atom. The van der Waals surface area contributed by atoms with Gasteiger partial charge >= 0.3 is 0 Å². The molecule has 1 aliphatic carbocycles. The molecule has 0 atom stereocenters. The van der Waals surface area contributed by atoms with Crippen LogP contribution >= 0.6 is 11.8 Å². The molecule has 24 heavy (non-hydrogen) atoms. The summed E-state index contributed by atoms with van der Waals surface area (Å²) in [6.07, 6.45) is 10.7. The number of ether oxygens (including phenoxy) is 1. The van der Waals surface area contributed by atoms with Crippen molar-refractivity contribution in [3.63, 3.8) is 0 Å². The average Bonchev–Trinajstić information content (AvgIpc) is 2.65. The monoisotopic (exact) mass is 342 g/mol. The molecular weight excluding hydrogens is 312 g/mol. The maximum atomic E-state index is 6.25. The Kier molecular flexibility index (Phi) is 6.89. The Balaban J connectivity index is 1.69. The maximum Gasteiger partial charge on any atom is 0.127 e. The summed E-state index contributed by atoms with van der Waals surface area (Å²) < 4.78 is 6.25. The van der Waals surface area contributed by atoms with E-state index in [4.69, 9.17) is 4.74 Å². The largest absolute Gasteiger partial charge is 0.493 e. The molecule has 0 unspecified atom stereocenters. The summed E-state index contributed by atoms with van der Waals surface area (Å²) in [6, 6.07) is 13.2. The number of unbranched alkanes of at least 4 members (excludes halogenated alkanes) is 2. The first-order valence-electron chi connectivity index (χ1n) is 9.66. The third kappa shape index (κ3) is 4.69. The Hall–Kier alpha value is -1.15. The van der Waals surface area contributed by atoms with Crippen molar-refractivity contribution in [2.45, 2.75) is 63.2 Å². The second-order valence-electron chi connectivity index (χ2n) is 6.98. The maximum absolute atomic E-state index is 6.25. The molecule has 1 fully saturated rings. The minimum Gasteiger partial charge on any atom is -0.493 e. The summed E-state index contributed by atoms with van der Waals surface area (Å²) in [4.78, 5) is 1.40. The molecule has 1 aliphatic rings. The molecule has 0 aliphatic heterocycles. The number of benzene rings is 2. The quantitative estimate of drug-likeness (QED) is 0.374. The van der Waals surface area contributed by atoms with Gasteiger partial charge in [-0.3, -0.25) is 0 Å². The standard InChI is InChI=1S/C22H30OS/c1-2-3-9-16-24-22-15-14-21(19-12-7-8-13-20(19)22)23-17-18-10-5-4-6-11-18/h7-8,12-15,18H,2-6,9-11,16-17H2,1H3. The molecule has 2 aromatic carbocycles. The molecule has 0 heterocycles. The van der Waals surface area contributed by atoms with Gasteiger partial charge in [0.25, 0.3) is 0 Å². The first-order chi connectivity index (χ1) is 11.9. The number of thioether (sulfide) groups is 1. The molecule has 0 N–H and O–H groups in total. The molecule has 0 amide bonds. The van der Waals surface area contributed by atoms with Crippen molar-refractivity contribution in [1.29, 1.82) is 0 Å². The lowest BCUT2D eigenvalue weighted by Gasteiger charge is -2.22. The summed E-state index contributed by atoms with van der Waals surface area (Å²) in [5.74, 6) is 3.02. The Morgan fingerprint density at radius 1 is 0.958 bits per heavy atom. The summed E-state index contributed by atoms with van der Waals surface area (Å²) in [7, 11) is 0. The topological polar surface area (TPSA) is 9.23 Å². The molecule has 0 spiro atoms. The van der Waals surface area contributed by atoms with E-state index in [1.54, 1.807) is 0 Å². The highest BCUT2D eigenvalue weighted by molar-refractivity contribution is 7.99. The predicted octanol–water partition coefficient (Wildman–Crippen LogP) is 7.08. The van der Waals surface area contributed by atoms with Crippen LogP contribution in [0.5, 0.6) is 5.75 Å². The van der Waals surface area contributed by atoms with E-state index < -0.39 is 0 Å². The van der Waals surface area contributed by atoms with Crippen LogP contribution in [0.3, 0.4) is 0 Å². The Morgan fingerprint density at radius 2 is 1.75 bits per heavy atom. The molecule has 1 saturated carbocycles. The molecule has 2 aromatic rings. The van der Waals surface area contributed by atoms with Crippen LogP contribution in [0.25, 0.3) is 10.8 Å². The molecule has 0 radical (unpaired) electrons. The minimum absolute atomic E-state index is 0.751. The van der Waals surface area contributed by atoms with E-state index in [-0.39, 0.29) is 0 Å². The second-order valence-corrected chi connectivity index (χ2v) is 8.11. The number of hydrogen-bond donors (Lipinski definition) is 0. The molecule has 2 heteroatoms. The van der Waals surface area contributed by atoms with Crippen molar-refractivity contribution in [3.05, 3.63) is 36.4 Å². The summed E-state index contributed by atoms with van der Waals surface area (Å²) >= 11 is 1.99. The zero-order valence-electron chi connectivity index (χ0n) is 14.9. The second kappa shape index (κ2) is 9.36. The van der Waals surface area contributed by atoms with E-state index in [1.807, 2.05) is 11.8 Å². The van der Waals surface area contributed by atoms with Crippen LogP contribution in [-0.4, -0.2) is 12.4 Å². The van der Waals surface area contributed by atoms with E-state index in [1.165, 1.54) is 72.8 Å². The van der Waals surface area contributed by atoms with Gasteiger partial charge in [-0.25, -0.2) is 0 Å². The van der Waals surface area contributed by atoms with Gasteiger partial charge in [0.15, 0.2) is 0 Å². The Labute approximate surface area is 151 Å². The lowest BCUT2D eigenvalue weighted by Crippen LogP contribution is -2.15. The molecule has 1 nitrogen and oxygen atoms in total. The van der Waals surface area contributed by atoms with Crippen molar-refractivity contribution >= 4 is 22.5 Å². The highest BCUT2D eigenvalue weighted by atomic mass is 32.2. The number of hydrogen-bond acceptors (Lipinski definition) is 2. The van der Waals surface area contributed by atoms with Crippen molar-refractivity contribution in [3.8, 4) is 5.75 Å². The van der Waals surface area contributed by atoms with E-state index in [9.17, 15) is 0 Å². The van der Waals surface area contributed by atoms with Crippen LogP contribution in [0, 0.1) is 5.92 Å². The van der Waals surface area contributed by atoms with Gasteiger partial charge in [0.05, 0.1) is 6.61 Å². The average molecular weight is 343 g/mol. The van der Waals surface area contributed by atoms with Crippen LogP contribution in [0.4, 0.5) is 0 Å². The van der Waals surface area contributed by atoms with Crippen LogP contribution < -0.4 is 4.74 Å². The van der Waals surface area contributed by atoms with Crippen LogP contribution in [0.2, 0.25) is 0 Å². The van der Waals surface area contributed by atoms with Crippen LogP contribution in [0.15, 0.2) is 41.3 Å². The van der Waals surface area contributed by atoms with Crippen molar-refractivity contribution in [2.75, 3.05) is 12.4 Å². The van der Waals surface area contributed by atoms with Crippen molar-refractivity contribution in [1.82, 2.24) is 0 Å². The lowest BCUT2D eigenvalue weighted by atomic mass is 9.90. The SMILES string of the molecule is CCCCCSc1ccc(OCC2CCCCC2)c2ccccc12. The molecule has 130 valence electrons. The zero-order valence-corrected chi connectivity index (χ0v) is 15.7. The number of fused-ring (bicyclic) bond motifs is 1. The fourth-order valence-electron chi connectivity index (χ4n) is 3.59. The van der Waals surface area contributed by atoms with Gasteiger partial charge in [-0.05, 0) is 48.5 Å². The normalized spacial score (nSPS) is 15.7. The van der Waals surface area contributed by atoms with E-state index in [0.29, 0.717) is 0 Å². The van der Waals surface area contributed by atoms with Gasteiger partial charge in [-0.1, -0.05) is 63.3 Å². The fraction of sp³-hybridized carbons (Fsp3) is 0.545. The van der Waals surface area contributed by atoms with Gasteiger partial charge in [0.2, 0.25) is 0 Å². The van der Waals surface area contributed by atoms with Gasteiger partial charge in [0, 0.05) is 10.3 Å². The van der Waals surface area contributed by atoms with E-state index in [2.05, 4.69) is 43.3 Å². The predicted molar refractivity (Wildman–Crippen MR) is 106 cm³/mol. The summed E-state index contributed by atoms with van der Waals surface area (Å²) in [6.45, 7) is 3.14. The first-order valence-corrected chi connectivity index (χ1v) is 10.6. The summed E-state index contributed by atoms with van der Waals surface area (Å²) in [5.41, 5.74) is 0. The molecule has 0 bridgehead atoms. The van der Waals surface area contributed by atoms with E-state index in [0.717, 1.165) is 18.3 Å². The van der Waals surface area contributed by atoms with Gasteiger partial charge in [0.1, 0.15) is 5.75 Å². The highest BCUT2D eigenvalue weighted by Gasteiger charge is 2.15. The zero-order chi connectivity index (χ0) is 16.6. The molecular formula is C22H30OS. The highest BCUT2D eigenvalue weighted by Crippen LogP contribution is 2.35. The van der Waals surface area contributed by atoms with E-state index >= 15 is 0 Å². The lowest BCUT2D eigenvalue weighted by molar-refractivity contribution is 0.210. The summed E-state index contributed by atoms with van der Waals surface area (Å²) in [5, 5.41) is 2.62. The van der Waals surface area contributed by atoms with Gasteiger partial charge in [-0.15, -0.1) is 11.8 Å². The van der Waals surface area contributed by atoms with Gasteiger partial charge in [-0.2, -0.15) is 0 Å². The third-order valence-electron chi connectivity index (χ3n) is 5.05. The van der Waals surface area contributed by atoms with Crippen LogP contribution in [0.1, 0.15) is 58.3 Å². The van der Waals surface area contributed by atoms with Crippen LogP contribution in [-0.2, 0) is 0 Å².